The molecule has 21 heavy (non-hydrogen) atoms. The zero-order valence-corrected chi connectivity index (χ0v) is 11.0. The second-order valence-electron chi connectivity index (χ2n) is 4.17. The molecular formula is C13H12F3N3O2. The quantitative estimate of drug-likeness (QED) is 0.813. The van der Waals surface area contributed by atoms with Crippen LogP contribution in [0, 0.1) is 11.3 Å². The molecule has 0 heterocycles. The minimum Gasteiger partial charge on any atom is -0.375 e. The maximum atomic E-state index is 11.9. The van der Waals surface area contributed by atoms with Crippen LogP contribution in [0.2, 0.25) is 0 Å². The molecule has 2 N–H and O–H groups in total. The fourth-order valence-corrected chi connectivity index (χ4v) is 1.44. The maximum absolute atomic E-state index is 11.9. The fraction of sp³-hybridized carbons (Fsp3) is 0.308. The molecule has 5 nitrogen and oxygen atoms in total. The Balaban J connectivity index is 2.70. The van der Waals surface area contributed by atoms with Gasteiger partial charge in [0.25, 0.3) is 0 Å². The molecule has 0 fully saturated rings. The van der Waals surface area contributed by atoms with Crippen molar-refractivity contribution in [3.05, 3.63) is 29.3 Å². The van der Waals surface area contributed by atoms with E-state index in [0.717, 1.165) is 0 Å². The molecule has 0 saturated carbocycles. The van der Waals surface area contributed by atoms with E-state index in [1.54, 1.807) is 5.32 Å². The number of carbonyl (C=O) groups is 2. The number of hydrogen-bond donors (Lipinski definition) is 2. The van der Waals surface area contributed by atoms with Gasteiger partial charge in [-0.1, -0.05) is 0 Å². The highest BCUT2D eigenvalue weighted by Crippen LogP contribution is 2.17. The molecule has 1 amide bonds. The van der Waals surface area contributed by atoms with Gasteiger partial charge < -0.3 is 10.6 Å². The fourth-order valence-electron chi connectivity index (χ4n) is 1.44. The predicted octanol–water partition coefficient (Wildman–Crippen LogP) is 1.85. The molecule has 0 saturated heterocycles. The Morgan fingerprint density at radius 2 is 2.00 bits per heavy atom. The Morgan fingerprint density at radius 3 is 2.52 bits per heavy atom. The SMILES string of the molecule is CC(=O)c1ccc(C#N)c(NCC(=O)NCC(F)(F)F)c1. The van der Waals surface area contributed by atoms with Crippen molar-refractivity contribution in [3.63, 3.8) is 0 Å². The number of Topliss-reactive ketones (excluding diaryl/α,β-unsaturated/α-hetero) is 1. The van der Waals surface area contributed by atoms with Crippen LogP contribution in [0.4, 0.5) is 18.9 Å². The van der Waals surface area contributed by atoms with Gasteiger partial charge in [0.1, 0.15) is 12.6 Å². The third-order valence-corrected chi connectivity index (χ3v) is 2.47. The monoisotopic (exact) mass is 299 g/mol. The van der Waals surface area contributed by atoms with Crippen LogP contribution < -0.4 is 10.6 Å². The van der Waals surface area contributed by atoms with Crippen LogP contribution in [0.3, 0.4) is 0 Å². The van der Waals surface area contributed by atoms with E-state index in [9.17, 15) is 22.8 Å². The van der Waals surface area contributed by atoms with Crippen molar-refractivity contribution in [1.82, 2.24) is 5.32 Å². The number of ketones is 1. The molecule has 0 aromatic heterocycles. The summed E-state index contributed by atoms with van der Waals surface area (Å²) >= 11 is 0. The highest BCUT2D eigenvalue weighted by Gasteiger charge is 2.27. The summed E-state index contributed by atoms with van der Waals surface area (Å²) < 4.78 is 35.8. The molecule has 0 spiro atoms. The van der Waals surface area contributed by atoms with Crippen LogP contribution in [0.15, 0.2) is 18.2 Å². The predicted molar refractivity (Wildman–Crippen MR) is 68.7 cm³/mol. The number of carbonyl (C=O) groups excluding carboxylic acids is 2. The Morgan fingerprint density at radius 1 is 1.33 bits per heavy atom. The first kappa shape index (κ1) is 16.5. The van der Waals surface area contributed by atoms with E-state index >= 15 is 0 Å². The number of hydrogen-bond acceptors (Lipinski definition) is 4. The largest absolute Gasteiger partial charge is 0.405 e. The van der Waals surface area contributed by atoms with Crippen molar-refractivity contribution < 1.29 is 22.8 Å². The van der Waals surface area contributed by atoms with Crippen molar-refractivity contribution in [2.45, 2.75) is 13.1 Å². The lowest BCUT2D eigenvalue weighted by atomic mass is 10.1. The molecule has 0 radical (unpaired) electrons. The summed E-state index contributed by atoms with van der Waals surface area (Å²) in [6.07, 6.45) is -4.48. The molecule has 1 aromatic carbocycles. The maximum Gasteiger partial charge on any atom is 0.405 e. The summed E-state index contributed by atoms with van der Waals surface area (Å²) in [4.78, 5) is 22.5. The summed E-state index contributed by atoms with van der Waals surface area (Å²) in [5.41, 5.74) is 0.725. The first-order valence-electron chi connectivity index (χ1n) is 5.85. The van der Waals surface area contributed by atoms with Gasteiger partial charge in [-0.15, -0.1) is 0 Å². The number of nitrogens with zero attached hydrogens (tertiary/aromatic N) is 1. The average molecular weight is 299 g/mol. The standard InChI is InChI=1S/C13H12F3N3O2/c1-8(20)9-2-3-10(5-17)11(4-9)18-6-12(21)19-7-13(14,15)16/h2-4,18H,6-7H2,1H3,(H,19,21). The lowest BCUT2D eigenvalue weighted by Gasteiger charge is -2.11. The molecule has 0 atom stereocenters. The summed E-state index contributed by atoms with van der Waals surface area (Å²) in [5.74, 6) is -1.10. The van der Waals surface area contributed by atoms with E-state index < -0.39 is 25.2 Å². The average Bonchev–Trinajstić information content (AvgIpc) is 2.41. The van der Waals surface area contributed by atoms with Gasteiger partial charge in [-0.25, -0.2) is 0 Å². The zero-order chi connectivity index (χ0) is 16.0. The van der Waals surface area contributed by atoms with Gasteiger partial charge in [-0.05, 0) is 25.1 Å². The van der Waals surface area contributed by atoms with Crippen LogP contribution >= 0.6 is 0 Å². The number of anilines is 1. The summed E-state index contributed by atoms with van der Waals surface area (Å²) in [6, 6.07) is 6.08. The van der Waals surface area contributed by atoms with E-state index in [4.69, 9.17) is 5.26 Å². The van der Waals surface area contributed by atoms with Gasteiger partial charge in [-0.3, -0.25) is 9.59 Å². The highest BCUT2D eigenvalue weighted by molar-refractivity contribution is 5.95. The van der Waals surface area contributed by atoms with Gasteiger partial charge in [0.05, 0.1) is 17.8 Å². The number of amides is 1. The Bertz CT molecular complexity index is 591. The molecule has 0 bridgehead atoms. The van der Waals surface area contributed by atoms with Crippen LogP contribution in [0.1, 0.15) is 22.8 Å². The van der Waals surface area contributed by atoms with E-state index in [1.165, 1.54) is 25.1 Å². The molecule has 0 unspecified atom stereocenters. The lowest BCUT2D eigenvalue weighted by Crippen LogP contribution is -2.37. The van der Waals surface area contributed by atoms with Crippen LogP contribution in [0.5, 0.6) is 0 Å². The van der Waals surface area contributed by atoms with Crippen molar-refractivity contribution in [1.29, 1.82) is 5.26 Å². The Hall–Kier alpha value is -2.56. The number of halogens is 3. The van der Waals surface area contributed by atoms with E-state index in [-0.39, 0.29) is 17.0 Å². The summed E-state index contributed by atoms with van der Waals surface area (Å²) in [7, 11) is 0. The van der Waals surface area contributed by atoms with E-state index in [1.807, 2.05) is 6.07 Å². The molecule has 1 aromatic rings. The van der Waals surface area contributed by atoms with Gasteiger partial charge >= 0.3 is 6.18 Å². The van der Waals surface area contributed by atoms with Gasteiger partial charge in [-0.2, -0.15) is 18.4 Å². The first-order valence-corrected chi connectivity index (χ1v) is 5.85. The van der Waals surface area contributed by atoms with Crippen LogP contribution in [-0.2, 0) is 4.79 Å². The van der Waals surface area contributed by atoms with Gasteiger partial charge in [0.2, 0.25) is 5.91 Å². The summed E-state index contributed by atoms with van der Waals surface area (Å²) in [6.45, 7) is -0.528. The van der Waals surface area contributed by atoms with Crippen molar-refractivity contribution >= 4 is 17.4 Å². The molecule has 8 heteroatoms. The number of nitrogens with one attached hydrogen (secondary N) is 2. The number of alkyl halides is 3. The molecule has 0 aliphatic heterocycles. The van der Waals surface area contributed by atoms with Gasteiger partial charge in [0, 0.05) is 5.56 Å². The second kappa shape index (κ2) is 6.74. The second-order valence-corrected chi connectivity index (χ2v) is 4.17. The van der Waals surface area contributed by atoms with E-state index in [0.29, 0.717) is 5.56 Å². The topological polar surface area (TPSA) is 82.0 Å². The Kier molecular flexibility index (Phi) is 5.30. The smallest absolute Gasteiger partial charge is 0.375 e. The normalized spacial score (nSPS) is 10.6. The van der Waals surface area contributed by atoms with Crippen LogP contribution in [0.25, 0.3) is 0 Å². The Labute approximate surface area is 118 Å². The third-order valence-electron chi connectivity index (χ3n) is 2.47. The highest BCUT2D eigenvalue weighted by atomic mass is 19.4. The molecule has 1 rings (SSSR count). The lowest BCUT2D eigenvalue weighted by molar-refractivity contribution is -0.137. The molecule has 112 valence electrons. The van der Waals surface area contributed by atoms with Crippen LogP contribution in [-0.4, -0.2) is 31.0 Å². The van der Waals surface area contributed by atoms with Crippen molar-refractivity contribution in [2.24, 2.45) is 0 Å². The number of rotatable bonds is 5. The molecular weight excluding hydrogens is 287 g/mol. The number of benzene rings is 1. The van der Waals surface area contributed by atoms with Crippen molar-refractivity contribution in [3.8, 4) is 6.07 Å². The minimum atomic E-state index is -4.48. The molecule has 0 aliphatic rings. The zero-order valence-electron chi connectivity index (χ0n) is 11.0. The van der Waals surface area contributed by atoms with Gasteiger partial charge in [0.15, 0.2) is 5.78 Å². The van der Waals surface area contributed by atoms with E-state index in [2.05, 4.69) is 5.32 Å². The number of nitriles is 1. The third kappa shape index (κ3) is 5.52. The molecule has 0 aliphatic carbocycles. The summed E-state index contributed by atoms with van der Waals surface area (Å²) in [5, 5.41) is 13.1. The first-order chi connectivity index (χ1) is 9.73. The van der Waals surface area contributed by atoms with Crippen molar-refractivity contribution in [2.75, 3.05) is 18.4 Å². The minimum absolute atomic E-state index is 0.184.